The second kappa shape index (κ2) is 9.78. The van der Waals surface area contributed by atoms with Crippen molar-refractivity contribution in [1.29, 1.82) is 0 Å². The molecule has 0 bridgehead atoms. The lowest BCUT2D eigenvalue weighted by Gasteiger charge is -2.12. The maximum Gasteiger partial charge on any atom is 0.173 e. The van der Waals surface area contributed by atoms with Crippen LogP contribution in [0.3, 0.4) is 0 Å². The number of methoxy groups -OCH3 is 1. The van der Waals surface area contributed by atoms with Gasteiger partial charge in [-0.15, -0.1) is 0 Å². The van der Waals surface area contributed by atoms with E-state index in [-0.39, 0.29) is 5.75 Å². The molecule has 3 aromatic carbocycles. The predicted molar refractivity (Wildman–Crippen MR) is 121 cm³/mol. The highest BCUT2D eigenvalue weighted by Gasteiger charge is 2.16. The minimum atomic E-state index is 0.0420. The molecule has 7 heteroatoms. The number of nitrogens with zero attached hydrogens (tertiary/aromatic N) is 1. The smallest absolute Gasteiger partial charge is 0.173 e. The average molecular weight is 432 g/mol. The van der Waals surface area contributed by atoms with Crippen LogP contribution in [0.25, 0.3) is 11.3 Å². The third kappa shape index (κ3) is 4.78. The largest absolute Gasteiger partial charge is 0.507 e. The molecule has 0 aliphatic heterocycles. The number of phenolic OH excluding ortho intramolecular Hbond substituents is 1. The molecule has 0 amide bonds. The normalized spacial score (nSPS) is 10.6. The van der Waals surface area contributed by atoms with Crippen LogP contribution in [-0.4, -0.2) is 29.0 Å². The number of rotatable bonds is 9. The number of aromatic amines is 1. The monoisotopic (exact) mass is 432 g/mol. The first kappa shape index (κ1) is 21.1. The van der Waals surface area contributed by atoms with E-state index in [2.05, 4.69) is 10.2 Å². The molecule has 0 fully saturated rings. The molecule has 0 unspecified atom stereocenters. The van der Waals surface area contributed by atoms with Gasteiger partial charge in [0.1, 0.15) is 29.5 Å². The van der Waals surface area contributed by atoms with E-state index in [0.29, 0.717) is 47.5 Å². The molecule has 0 saturated carbocycles. The molecule has 0 aliphatic rings. The van der Waals surface area contributed by atoms with Crippen LogP contribution < -0.4 is 18.9 Å². The number of aromatic hydroxyl groups is 1. The fourth-order valence-corrected chi connectivity index (χ4v) is 3.21. The van der Waals surface area contributed by atoms with Gasteiger partial charge in [0.15, 0.2) is 17.2 Å². The number of phenols is 1. The summed E-state index contributed by atoms with van der Waals surface area (Å²) in [4.78, 5) is 0. The third-order valence-electron chi connectivity index (χ3n) is 4.75. The third-order valence-corrected chi connectivity index (χ3v) is 4.75. The minimum absolute atomic E-state index is 0.0420. The number of benzene rings is 3. The Kier molecular flexibility index (Phi) is 6.46. The van der Waals surface area contributed by atoms with Gasteiger partial charge in [-0.05, 0) is 48.9 Å². The summed E-state index contributed by atoms with van der Waals surface area (Å²) < 4.78 is 22.7. The van der Waals surface area contributed by atoms with Crippen LogP contribution in [0.1, 0.15) is 12.5 Å². The zero-order valence-corrected chi connectivity index (χ0v) is 17.9. The maximum atomic E-state index is 10.6. The summed E-state index contributed by atoms with van der Waals surface area (Å²) in [5.41, 5.74) is 2.05. The molecule has 0 spiro atoms. The predicted octanol–water partition coefficient (Wildman–Crippen LogP) is 5.56. The molecule has 7 nitrogen and oxygen atoms in total. The van der Waals surface area contributed by atoms with Gasteiger partial charge in [-0.1, -0.05) is 24.3 Å². The molecule has 2 N–H and O–H groups in total. The van der Waals surface area contributed by atoms with Crippen molar-refractivity contribution >= 4 is 0 Å². The van der Waals surface area contributed by atoms with E-state index in [1.54, 1.807) is 31.5 Å². The van der Waals surface area contributed by atoms with Crippen molar-refractivity contribution in [2.45, 2.75) is 13.5 Å². The number of hydrogen-bond donors (Lipinski definition) is 2. The van der Waals surface area contributed by atoms with E-state index in [0.717, 1.165) is 11.3 Å². The summed E-state index contributed by atoms with van der Waals surface area (Å²) >= 11 is 0. The lowest BCUT2D eigenvalue weighted by Crippen LogP contribution is -1.96. The van der Waals surface area contributed by atoms with E-state index in [1.807, 2.05) is 55.5 Å². The Morgan fingerprint density at radius 1 is 0.875 bits per heavy atom. The zero-order chi connectivity index (χ0) is 22.3. The van der Waals surface area contributed by atoms with Crippen LogP contribution in [0.15, 0.2) is 72.9 Å². The highest BCUT2D eigenvalue weighted by atomic mass is 16.5. The van der Waals surface area contributed by atoms with Crippen molar-refractivity contribution in [3.8, 4) is 45.8 Å². The molecular formula is C25H24N2O5. The summed E-state index contributed by atoms with van der Waals surface area (Å²) in [7, 11) is 1.62. The minimum Gasteiger partial charge on any atom is -0.507 e. The van der Waals surface area contributed by atoms with Gasteiger partial charge in [-0.25, -0.2) is 0 Å². The fraction of sp³-hybridized carbons (Fsp3) is 0.160. The highest BCUT2D eigenvalue weighted by Crippen LogP contribution is 2.40. The number of aromatic nitrogens is 2. The van der Waals surface area contributed by atoms with E-state index >= 15 is 0 Å². The summed E-state index contributed by atoms with van der Waals surface area (Å²) in [5.74, 6) is 3.01. The van der Waals surface area contributed by atoms with Crippen LogP contribution in [0.4, 0.5) is 0 Å². The summed E-state index contributed by atoms with van der Waals surface area (Å²) in [6.07, 6.45) is 1.56. The molecule has 0 saturated heterocycles. The SMILES string of the molecule is CCOc1ccccc1Oc1cn[nH]c1-c1ccc(OCc2cccc(OC)c2)cc1O. The lowest BCUT2D eigenvalue weighted by molar-refractivity contribution is 0.303. The van der Waals surface area contributed by atoms with Crippen molar-refractivity contribution in [3.63, 3.8) is 0 Å². The Hall–Kier alpha value is -4.13. The zero-order valence-electron chi connectivity index (χ0n) is 17.9. The van der Waals surface area contributed by atoms with Gasteiger partial charge in [0.05, 0.1) is 19.9 Å². The molecule has 4 aromatic rings. The Morgan fingerprint density at radius 2 is 1.72 bits per heavy atom. The van der Waals surface area contributed by atoms with Crippen LogP contribution in [0.5, 0.6) is 34.5 Å². The van der Waals surface area contributed by atoms with Crippen molar-refractivity contribution in [3.05, 3.63) is 78.5 Å². The number of para-hydroxylation sites is 2. The van der Waals surface area contributed by atoms with Gasteiger partial charge in [0.2, 0.25) is 0 Å². The molecule has 164 valence electrons. The first-order valence-electron chi connectivity index (χ1n) is 10.2. The van der Waals surface area contributed by atoms with Crippen molar-refractivity contribution in [2.75, 3.05) is 13.7 Å². The number of hydrogen-bond acceptors (Lipinski definition) is 6. The lowest BCUT2D eigenvalue weighted by atomic mass is 10.1. The van der Waals surface area contributed by atoms with Crippen molar-refractivity contribution in [2.24, 2.45) is 0 Å². The van der Waals surface area contributed by atoms with Gasteiger partial charge in [0, 0.05) is 11.6 Å². The van der Waals surface area contributed by atoms with Crippen LogP contribution in [0.2, 0.25) is 0 Å². The van der Waals surface area contributed by atoms with Crippen LogP contribution in [0, 0.1) is 0 Å². The highest BCUT2D eigenvalue weighted by molar-refractivity contribution is 5.73. The second-order valence-corrected chi connectivity index (χ2v) is 6.91. The van der Waals surface area contributed by atoms with Gasteiger partial charge >= 0.3 is 0 Å². The van der Waals surface area contributed by atoms with Crippen molar-refractivity contribution in [1.82, 2.24) is 10.2 Å². The molecule has 0 aliphatic carbocycles. The Labute approximate surface area is 186 Å². The first-order chi connectivity index (χ1) is 15.7. The summed E-state index contributed by atoms with van der Waals surface area (Å²) in [6, 6.07) is 20.1. The first-order valence-corrected chi connectivity index (χ1v) is 10.2. The Morgan fingerprint density at radius 3 is 2.50 bits per heavy atom. The molecule has 4 rings (SSSR count). The van der Waals surface area contributed by atoms with Gasteiger partial charge in [0.25, 0.3) is 0 Å². The number of nitrogens with one attached hydrogen (secondary N) is 1. The summed E-state index contributed by atoms with van der Waals surface area (Å²) in [6.45, 7) is 2.79. The van der Waals surface area contributed by atoms with Crippen molar-refractivity contribution < 1.29 is 24.1 Å². The number of ether oxygens (including phenoxy) is 4. The molecule has 0 atom stereocenters. The summed E-state index contributed by atoms with van der Waals surface area (Å²) in [5, 5.41) is 17.6. The molecule has 0 radical (unpaired) electrons. The molecular weight excluding hydrogens is 408 g/mol. The quantitative estimate of drug-likeness (QED) is 0.360. The van der Waals surface area contributed by atoms with Gasteiger partial charge < -0.3 is 24.1 Å². The number of H-pyrrole nitrogens is 1. The standard InChI is InChI=1S/C25H24N2O5/c1-3-30-22-9-4-5-10-23(22)32-24-15-26-27-25(24)20-12-11-19(14-21(20)28)31-16-17-7-6-8-18(13-17)29-2/h4-15,28H,3,16H2,1-2H3,(H,26,27). The topological polar surface area (TPSA) is 85.8 Å². The Balaban J connectivity index is 1.51. The molecule has 1 heterocycles. The van der Waals surface area contributed by atoms with Gasteiger partial charge in [-0.2, -0.15) is 5.10 Å². The Bertz CT molecular complexity index is 1190. The van der Waals surface area contributed by atoms with E-state index in [9.17, 15) is 5.11 Å². The molecule has 32 heavy (non-hydrogen) atoms. The van der Waals surface area contributed by atoms with E-state index in [4.69, 9.17) is 18.9 Å². The van der Waals surface area contributed by atoms with Crippen LogP contribution in [-0.2, 0) is 6.61 Å². The maximum absolute atomic E-state index is 10.6. The van der Waals surface area contributed by atoms with E-state index in [1.165, 1.54) is 0 Å². The average Bonchev–Trinajstić information content (AvgIpc) is 3.27. The fourth-order valence-electron chi connectivity index (χ4n) is 3.21. The van der Waals surface area contributed by atoms with Crippen LogP contribution >= 0.6 is 0 Å². The molecule has 1 aromatic heterocycles. The van der Waals surface area contributed by atoms with E-state index < -0.39 is 0 Å². The van der Waals surface area contributed by atoms with Gasteiger partial charge in [-0.3, -0.25) is 5.10 Å². The second-order valence-electron chi connectivity index (χ2n) is 6.91.